The maximum atomic E-state index is 13.3. The number of carbonyl (C=O) groups is 2. The maximum absolute atomic E-state index is 13.3. The van der Waals surface area contributed by atoms with E-state index in [1.165, 1.54) is 12.1 Å². The number of fused-ring (bicyclic) bond motifs is 1. The van der Waals surface area contributed by atoms with Crippen LogP contribution in [-0.2, 0) is 27.0 Å². The molecule has 0 aliphatic carbocycles. The summed E-state index contributed by atoms with van der Waals surface area (Å²) in [5, 5.41) is 0. The predicted octanol–water partition coefficient (Wildman–Crippen LogP) is 3.10. The lowest BCUT2D eigenvalue weighted by Gasteiger charge is -2.34. The van der Waals surface area contributed by atoms with Crippen molar-refractivity contribution in [2.75, 3.05) is 19.7 Å². The molecule has 6 nitrogen and oxygen atoms in total. The Morgan fingerprint density at radius 3 is 2.46 bits per heavy atom. The van der Waals surface area contributed by atoms with Crippen molar-refractivity contribution in [1.29, 1.82) is 0 Å². The smallest absolute Gasteiger partial charge is 0.449 e. The van der Waals surface area contributed by atoms with E-state index in [0.717, 1.165) is 11.0 Å². The molecule has 1 fully saturated rings. The highest BCUT2D eigenvalue weighted by Gasteiger charge is 2.38. The fourth-order valence-electron chi connectivity index (χ4n) is 3.73. The predicted molar refractivity (Wildman–Crippen MR) is 95.2 cm³/mol. The van der Waals surface area contributed by atoms with Gasteiger partial charge in [0.25, 0.3) is 5.91 Å². The number of hydrogen-bond acceptors (Lipinski definition) is 4. The highest BCUT2D eigenvalue weighted by atomic mass is 19.4. The quantitative estimate of drug-likeness (QED) is 0.744. The van der Waals surface area contributed by atoms with Crippen molar-refractivity contribution in [3.63, 3.8) is 0 Å². The van der Waals surface area contributed by atoms with Gasteiger partial charge in [-0.25, -0.2) is 4.98 Å². The van der Waals surface area contributed by atoms with Gasteiger partial charge in [0, 0.05) is 13.1 Å². The minimum absolute atomic E-state index is 0.134. The number of alkyl halides is 3. The van der Waals surface area contributed by atoms with E-state index in [1.807, 2.05) is 13.8 Å². The highest BCUT2D eigenvalue weighted by molar-refractivity contribution is 5.82. The van der Waals surface area contributed by atoms with Crippen LogP contribution in [0.2, 0.25) is 0 Å². The number of imidazole rings is 1. The lowest BCUT2D eigenvalue weighted by Crippen LogP contribution is -2.44. The second-order valence-corrected chi connectivity index (χ2v) is 7.41. The van der Waals surface area contributed by atoms with Crippen LogP contribution < -0.4 is 0 Å². The Bertz CT molecular complexity index is 868. The molecule has 1 aromatic heterocycles. The minimum Gasteiger partial charge on any atom is -0.454 e. The van der Waals surface area contributed by atoms with Crippen LogP contribution in [0.15, 0.2) is 24.3 Å². The summed E-state index contributed by atoms with van der Waals surface area (Å²) in [7, 11) is 0. The summed E-state index contributed by atoms with van der Waals surface area (Å²) in [6.45, 7) is 4.12. The number of halogens is 3. The van der Waals surface area contributed by atoms with Crippen molar-refractivity contribution in [2.45, 2.75) is 33.0 Å². The molecule has 152 valence electrons. The number of piperidine rings is 1. The fourth-order valence-corrected chi connectivity index (χ4v) is 3.73. The average molecular weight is 397 g/mol. The molecule has 1 aliphatic heterocycles. The van der Waals surface area contributed by atoms with Gasteiger partial charge in [-0.05, 0) is 30.4 Å². The SMILES string of the molecule is CC1CC(C)CN(C(=O)COC(=O)Cn2c(C(F)(F)F)nc3ccccc32)C1. The number of nitrogens with zero attached hydrogens (tertiary/aromatic N) is 3. The standard InChI is InChI=1S/C19H22F3N3O3/c1-12-7-13(2)9-24(8-12)16(26)11-28-17(27)10-25-15-6-4-3-5-14(15)23-18(25)19(20,21)22/h3-6,12-13H,7-11H2,1-2H3. The largest absolute Gasteiger partial charge is 0.454 e. The van der Waals surface area contributed by atoms with E-state index in [4.69, 9.17) is 4.74 Å². The Hall–Kier alpha value is -2.58. The Kier molecular flexibility index (Phi) is 5.62. The Balaban J connectivity index is 1.67. The molecule has 28 heavy (non-hydrogen) atoms. The Morgan fingerprint density at radius 1 is 1.18 bits per heavy atom. The van der Waals surface area contributed by atoms with Crippen LogP contribution in [0.5, 0.6) is 0 Å². The van der Waals surface area contributed by atoms with Gasteiger partial charge >= 0.3 is 12.1 Å². The van der Waals surface area contributed by atoms with Gasteiger partial charge in [-0.3, -0.25) is 9.59 Å². The molecule has 2 atom stereocenters. The van der Waals surface area contributed by atoms with Crippen molar-refractivity contribution in [3.8, 4) is 0 Å². The molecule has 0 spiro atoms. The number of hydrogen-bond donors (Lipinski definition) is 0. The van der Waals surface area contributed by atoms with E-state index in [-0.39, 0.29) is 16.9 Å². The van der Waals surface area contributed by atoms with Crippen molar-refractivity contribution in [3.05, 3.63) is 30.1 Å². The molecule has 9 heteroatoms. The molecule has 0 N–H and O–H groups in total. The summed E-state index contributed by atoms with van der Waals surface area (Å²) in [5.41, 5.74) is 0.312. The first-order chi connectivity index (χ1) is 13.1. The van der Waals surface area contributed by atoms with Crippen LogP contribution >= 0.6 is 0 Å². The van der Waals surface area contributed by atoms with Crippen LogP contribution in [0, 0.1) is 11.8 Å². The van der Waals surface area contributed by atoms with Gasteiger partial charge in [-0.1, -0.05) is 26.0 Å². The number of amides is 1. The number of likely N-dealkylation sites (tertiary alicyclic amines) is 1. The number of para-hydroxylation sites is 2. The second-order valence-electron chi connectivity index (χ2n) is 7.41. The number of rotatable bonds is 4. The lowest BCUT2D eigenvalue weighted by molar-refractivity contribution is -0.156. The van der Waals surface area contributed by atoms with E-state index >= 15 is 0 Å². The topological polar surface area (TPSA) is 64.4 Å². The second kappa shape index (κ2) is 7.81. The summed E-state index contributed by atoms with van der Waals surface area (Å²) in [6.07, 6.45) is -3.69. The maximum Gasteiger partial charge on any atom is 0.449 e. The molecule has 1 aromatic carbocycles. The summed E-state index contributed by atoms with van der Waals surface area (Å²) in [4.78, 5) is 29.6. The number of aromatic nitrogens is 2. The molecule has 0 saturated carbocycles. The third-order valence-electron chi connectivity index (χ3n) is 4.77. The molecular weight excluding hydrogens is 375 g/mol. The van der Waals surface area contributed by atoms with E-state index in [0.29, 0.717) is 24.9 Å². The first kappa shape index (κ1) is 20.2. The molecule has 1 saturated heterocycles. The fraction of sp³-hybridized carbons (Fsp3) is 0.526. The zero-order chi connectivity index (χ0) is 20.5. The zero-order valence-corrected chi connectivity index (χ0v) is 15.7. The molecule has 2 heterocycles. The molecule has 1 aliphatic rings. The molecule has 3 rings (SSSR count). The van der Waals surface area contributed by atoms with Crippen molar-refractivity contribution in [1.82, 2.24) is 14.5 Å². The Morgan fingerprint density at radius 2 is 1.82 bits per heavy atom. The average Bonchev–Trinajstić information content (AvgIpc) is 2.98. The van der Waals surface area contributed by atoms with Gasteiger partial charge in [-0.15, -0.1) is 0 Å². The van der Waals surface area contributed by atoms with Crippen LogP contribution in [0.3, 0.4) is 0 Å². The van der Waals surface area contributed by atoms with Crippen LogP contribution in [-0.4, -0.2) is 46.0 Å². The molecule has 2 unspecified atom stereocenters. The van der Waals surface area contributed by atoms with Gasteiger partial charge < -0.3 is 14.2 Å². The first-order valence-corrected chi connectivity index (χ1v) is 9.11. The van der Waals surface area contributed by atoms with Crippen molar-refractivity contribution in [2.24, 2.45) is 11.8 Å². The number of ether oxygens (including phenoxy) is 1. The monoisotopic (exact) mass is 397 g/mol. The zero-order valence-electron chi connectivity index (χ0n) is 15.7. The van der Waals surface area contributed by atoms with Crippen molar-refractivity contribution < 1.29 is 27.5 Å². The van der Waals surface area contributed by atoms with Crippen LogP contribution in [0.25, 0.3) is 11.0 Å². The third kappa shape index (κ3) is 4.45. The van der Waals surface area contributed by atoms with Crippen molar-refractivity contribution >= 4 is 22.9 Å². The highest BCUT2D eigenvalue weighted by Crippen LogP contribution is 2.31. The molecule has 0 radical (unpaired) electrons. The summed E-state index contributed by atoms with van der Waals surface area (Å²) in [5.74, 6) is -1.71. The number of benzene rings is 1. The lowest BCUT2D eigenvalue weighted by atomic mass is 9.92. The molecular formula is C19H22F3N3O3. The van der Waals surface area contributed by atoms with Gasteiger partial charge in [0.05, 0.1) is 11.0 Å². The summed E-state index contributed by atoms with van der Waals surface area (Å²) >= 11 is 0. The van der Waals surface area contributed by atoms with E-state index in [1.54, 1.807) is 17.0 Å². The Labute approximate surface area is 160 Å². The van der Waals surface area contributed by atoms with Gasteiger partial charge in [0.1, 0.15) is 6.54 Å². The van der Waals surface area contributed by atoms with Crippen LogP contribution in [0.1, 0.15) is 26.1 Å². The van der Waals surface area contributed by atoms with Gasteiger partial charge in [-0.2, -0.15) is 13.2 Å². The number of esters is 1. The molecule has 0 bridgehead atoms. The normalized spacial score (nSPS) is 20.4. The first-order valence-electron chi connectivity index (χ1n) is 9.11. The van der Waals surface area contributed by atoms with Crippen LogP contribution in [0.4, 0.5) is 13.2 Å². The van der Waals surface area contributed by atoms with E-state index in [2.05, 4.69) is 4.98 Å². The summed E-state index contributed by atoms with van der Waals surface area (Å²) in [6, 6.07) is 6.02. The minimum atomic E-state index is -4.71. The summed E-state index contributed by atoms with van der Waals surface area (Å²) < 4.78 is 45.6. The molecule has 1 amide bonds. The van der Waals surface area contributed by atoms with Gasteiger partial charge in [0.2, 0.25) is 5.82 Å². The third-order valence-corrected chi connectivity index (χ3v) is 4.77. The molecule has 2 aromatic rings. The number of carbonyl (C=O) groups excluding carboxylic acids is 2. The van der Waals surface area contributed by atoms with E-state index in [9.17, 15) is 22.8 Å². The van der Waals surface area contributed by atoms with Gasteiger partial charge in [0.15, 0.2) is 6.61 Å². The van der Waals surface area contributed by atoms with E-state index < -0.39 is 31.1 Å².